The summed E-state index contributed by atoms with van der Waals surface area (Å²) in [6, 6.07) is 14.1. The van der Waals surface area contributed by atoms with Crippen molar-refractivity contribution in [2.24, 2.45) is 0 Å². The molecule has 2 nitrogen and oxygen atoms in total. The Balaban J connectivity index is 2.21. The first kappa shape index (κ1) is 18.4. The molecule has 24 heavy (non-hydrogen) atoms. The number of hydrogen-bond donors (Lipinski definition) is 0. The zero-order valence-corrected chi connectivity index (χ0v) is 15.3. The van der Waals surface area contributed by atoms with E-state index in [4.69, 9.17) is 9.47 Å². The Bertz CT molecular complexity index is 605. The molecule has 0 saturated heterocycles. The van der Waals surface area contributed by atoms with Crippen LogP contribution in [0.5, 0.6) is 17.2 Å². The molecule has 130 valence electrons. The highest BCUT2D eigenvalue weighted by molar-refractivity contribution is 5.52. The van der Waals surface area contributed by atoms with E-state index >= 15 is 0 Å². The smallest absolute Gasteiger partial charge is 0.169 e. The molecule has 2 rings (SSSR count). The molecule has 0 amide bonds. The van der Waals surface area contributed by atoms with Crippen molar-refractivity contribution >= 4 is 0 Å². The molecule has 0 unspecified atom stereocenters. The molecule has 2 aromatic carbocycles. The molecule has 0 spiro atoms. The monoisotopic (exact) mass is 326 g/mol. The number of hydrogen-bond acceptors (Lipinski definition) is 2. The van der Waals surface area contributed by atoms with E-state index in [0.717, 1.165) is 43.1 Å². The Hall–Kier alpha value is -1.96. The van der Waals surface area contributed by atoms with Crippen molar-refractivity contribution in [1.82, 2.24) is 0 Å². The third-order valence-electron chi connectivity index (χ3n) is 4.27. The number of aryl methyl sites for hydroxylation is 1. The highest BCUT2D eigenvalue weighted by atomic mass is 16.5. The molecular formula is C22H30O2. The van der Waals surface area contributed by atoms with Gasteiger partial charge < -0.3 is 9.47 Å². The van der Waals surface area contributed by atoms with Gasteiger partial charge in [-0.3, -0.25) is 0 Å². The molecule has 0 aliphatic rings. The van der Waals surface area contributed by atoms with Gasteiger partial charge in [0.1, 0.15) is 5.75 Å². The van der Waals surface area contributed by atoms with Crippen LogP contribution in [-0.2, 0) is 12.8 Å². The van der Waals surface area contributed by atoms with Crippen LogP contribution in [0.2, 0.25) is 0 Å². The SMILES string of the molecule is CCCCCCOc1c(Oc2ccccc2)ccc(CC)c1CC. The maximum Gasteiger partial charge on any atom is 0.169 e. The van der Waals surface area contributed by atoms with Gasteiger partial charge in [-0.15, -0.1) is 0 Å². The van der Waals surface area contributed by atoms with Crippen LogP contribution in [0.1, 0.15) is 57.6 Å². The van der Waals surface area contributed by atoms with Crippen molar-refractivity contribution in [2.75, 3.05) is 6.61 Å². The Labute approximate surface area is 146 Å². The fourth-order valence-corrected chi connectivity index (χ4v) is 2.92. The second-order valence-corrected chi connectivity index (χ2v) is 6.06. The summed E-state index contributed by atoms with van der Waals surface area (Å²) >= 11 is 0. The minimum absolute atomic E-state index is 0.755. The van der Waals surface area contributed by atoms with E-state index < -0.39 is 0 Å². The summed E-state index contributed by atoms with van der Waals surface area (Å²) in [7, 11) is 0. The van der Waals surface area contributed by atoms with Crippen molar-refractivity contribution in [3.63, 3.8) is 0 Å². The number of unbranched alkanes of at least 4 members (excludes halogenated alkanes) is 3. The van der Waals surface area contributed by atoms with Crippen molar-refractivity contribution in [3.05, 3.63) is 53.6 Å². The molecule has 0 aliphatic carbocycles. The first-order chi connectivity index (χ1) is 11.8. The van der Waals surface area contributed by atoms with Crippen LogP contribution in [0.15, 0.2) is 42.5 Å². The maximum absolute atomic E-state index is 6.20. The van der Waals surface area contributed by atoms with Crippen LogP contribution in [0.3, 0.4) is 0 Å². The standard InChI is InChI=1S/C22H30O2/c1-4-7-8-12-17-23-22-20(6-3)18(5-2)15-16-21(22)24-19-13-10-9-11-14-19/h9-11,13-16H,4-8,12,17H2,1-3H3. The minimum atomic E-state index is 0.755. The van der Waals surface area contributed by atoms with E-state index in [1.54, 1.807) is 0 Å². The molecule has 0 N–H and O–H groups in total. The number of ether oxygens (including phenoxy) is 2. The molecule has 0 saturated carbocycles. The van der Waals surface area contributed by atoms with Gasteiger partial charge in [0.2, 0.25) is 0 Å². The molecular weight excluding hydrogens is 296 g/mol. The first-order valence-electron chi connectivity index (χ1n) is 9.30. The van der Waals surface area contributed by atoms with E-state index in [9.17, 15) is 0 Å². The lowest BCUT2D eigenvalue weighted by atomic mass is 10.0. The van der Waals surface area contributed by atoms with Crippen LogP contribution in [0.25, 0.3) is 0 Å². The lowest BCUT2D eigenvalue weighted by Crippen LogP contribution is -2.04. The number of rotatable bonds is 10. The van der Waals surface area contributed by atoms with Gasteiger partial charge in [-0.2, -0.15) is 0 Å². The van der Waals surface area contributed by atoms with E-state index in [2.05, 4.69) is 26.8 Å². The van der Waals surface area contributed by atoms with Gasteiger partial charge in [-0.05, 0) is 43.0 Å². The lowest BCUT2D eigenvalue weighted by Gasteiger charge is -2.18. The fraction of sp³-hybridized carbons (Fsp3) is 0.455. The summed E-state index contributed by atoms with van der Waals surface area (Å²) in [5.74, 6) is 2.60. The third-order valence-corrected chi connectivity index (χ3v) is 4.27. The van der Waals surface area contributed by atoms with Crippen LogP contribution in [0, 0.1) is 0 Å². The van der Waals surface area contributed by atoms with Gasteiger partial charge >= 0.3 is 0 Å². The Kier molecular flexibility index (Phi) is 7.67. The second kappa shape index (κ2) is 10.0. The van der Waals surface area contributed by atoms with Crippen LogP contribution < -0.4 is 9.47 Å². The zero-order valence-electron chi connectivity index (χ0n) is 15.3. The zero-order chi connectivity index (χ0) is 17.2. The molecule has 0 atom stereocenters. The second-order valence-electron chi connectivity index (χ2n) is 6.06. The van der Waals surface area contributed by atoms with Crippen molar-refractivity contribution in [1.29, 1.82) is 0 Å². The summed E-state index contributed by atoms with van der Waals surface area (Å²) in [4.78, 5) is 0. The molecule has 0 aliphatic heterocycles. The van der Waals surface area contributed by atoms with Gasteiger partial charge in [0.25, 0.3) is 0 Å². The fourth-order valence-electron chi connectivity index (χ4n) is 2.92. The van der Waals surface area contributed by atoms with E-state index in [0.29, 0.717) is 0 Å². The molecule has 0 aromatic heterocycles. The first-order valence-corrected chi connectivity index (χ1v) is 9.30. The normalized spacial score (nSPS) is 10.6. The average molecular weight is 326 g/mol. The van der Waals surface area contributed by atoms with Crippen LogP contribution in [-0.4, -0.2) is 6.61 Å². The van der Waals surface area contributed by atoms with Gasteiger partial charge in [0, 0.05) is 5.56 Å². The Morgan fingerprint density at radius 3 is 2.25 bits per heavy atom. The van der Waals surface area contributed by atoms with Gasteiger partial charge in [0.15, 0.2) is 11.5 Å². The average Bonchev–Trinajstić information content (AvgIpc) is 2.63. The van der Waals surface area contributed by atoms with Gasteiger partial charge in [-0.1, -0.05) is 64.3 Å². The van der Waals surface area contributed by atoms with E-state index in [1.165, 1.54) is 30.4 Å². The van der Waals surface area contributed by atoms with Crippen LogP contribution in [0.4, 0.5) is 0 Å². The summed E-state index contributed by atoms with van der Waals surface area (Å²) in [6.07, 6.45) is 6.80. The molecule has 2 aromatic rings. The lowest BCUT2D eigenvalue weighted by molar-refractivity contribution is 0.288. The molecule has 2 heteroatoms. The minimum Gasteiger partial charge on any atom is -0.489 e. The molecule has 0 radical (unpaired) electrons. The predicted octanol–water partition coefficient (Wildman–Crippen LogP) is 6.56. The molecule has 0 heterocycles. The predicted molar refractivity (Wildman–Crippen MR) is 101 cm³/mol. The highest BCUT2D eigenvalue weighted by Gasteiger charge is 2.15. The summed E-state index contributed by atoms with van der Waals surface area (Å²) in [5.41, 5.74) is 2.63. The number of benzene rings is 2. The third kappa shape index (κ3) is 5.02. The Morgan fingerprint density at radius 2 is 1.58 bits per heavy atom. The summed E-state index contributed by atoms with van der Waals surface area (Å²) < 4.78 is 12.3. The maximum atomic E-state index is 6.20. The highest BCUT2D eigenvalue weighted by Crippen LogP contribution is 2.37. The topological polar surface area (TPSA) is 18.5 Å². The van der Waals surface area contributed by atoms with Gasteiger partial charge in [0.05, 0.1) is 6.61 Å². The molecule has 0 fully saturated rings. The van der Waals surface area contributed by atoms with Gasteiger partial charge in [-0.25, -0.2) is 0 Å². The van der Waals surface area contributed by atoms with Crippen molar-refractivity contribution in [2.45, 2.75) is 59.3 Å². The summed E-state index contributed by atoms with van der Waals surface area (Å²) in [5, 5.41) is 0. The Morgan fingerprint density at radius 1 is 0.792 bits per heavy atom. The molecule has 0 bridgehead atoms. The van der Waals surface area contributed by atoms with Crippen LogP contribution >= 0.6 is 0 Å². The van der Waals surface area contributed by atoms with Crippen molar-refractivity contribution in [3.8, 4) is 17.2 Å². The van der Waals surface area contributed by atoms with E-state index in [-0.39, 0.29) is 0 Å². The largest absolute Gasteiger partial charge is 0.489 e. The number of para-hydroxylation sites is 1. The quantitative estimate of drug-likeness (QED) is 0.460. The van der Waals surface area contributed by atoms with Crippen molar-refractivity contribution < 1.29 is 9.47 Å². The summed E-state index contributed by atoms with van der Waals surface area (Å²) in [6.45, 7) is 7.36. The van der Waals surface area contributed by atoms with E-state index in [1.807, 2.05) is 36.4 Å².